The maximum atomic E-state index is 10.9. The van der Waals surface area contributed by atoms with Gasteiger partial charge in [0.05, 0.1) is 5.56 Å². The van der Waals surface area contributed by atoms with Gasteiger partial charge in [-0.15, -0.1) is 0 Å². The maximum absolute atomic E-state index is 10.9. The van der Waals surface area contributed by atoms with Gasteiger partial charge in [0, 0.05) is 21.5 Å². The molecule has 0 unspecified atom stereocenters. The van der Waals surface area contributed by atoms with E-state index in [1.165, 1.54) is 6.07 Å². The highest BCUT2D eigenvalue weighted by Crippen LogP contribution is 2.27. The monoisotopic (exact) mass is 320 g/mol. The van der Waals surface area contributed by atoms with Gasteiger partial charge in [0.2, 0.25) is 0 Å². The third-order valence-corrected chi connectivity index (χ3v) is 3.69. The maximum Gasteiger partial charge on any atom is 0.337 e. The molecular weight excluding hydrogens is 308 g/mol. The van der Waals surface area contributed by atoms with Crippen LogP contribution in [0.1, 0.15) is 15.9 Å². The van der Waals surface area contributed by atoms with E-state index in [1.807, 2.05) is 25.1 Å². The van der Waals surface area contributed by atoms with Crippen molar-refractivity contribution in [1.82, 2.24) is 0 Å². The van der Waals surface area contributed by atoms with Gasteiger partial charge in [-0.25, -0.2) is 4.79 Å². The van der Waals surface area contributed by atoms with Gasteiger partial charge in [0.15, 0.2) is 0 Å². The van der Waals surface area contributed by atoms with Crippen molar-refractivity contribution in [3.05, 3.63) is 52.0 Å². The first-order valence-electron chi connectivity index (χ1n) is 5.64. The van der Waals surface area contributed by atoms with Gasteiger partial charge in [-0.1, -0.05) is 22.0 Å². The van der Waals surface area contributed by atoms with E-state index in [9.17, 15) is 4.79 Å². The Hall–Kier alpha value is -2.01. The summed E-state index contributed by atoms with van der Waals surface area (Å²) in [6, 6.07) is 10.6. The molecule has 0 spiro atoms. The van der Waals surface area contributed by atoms with Gasteiger partial charge in [0.25, 0.3) is 0 Å². The minimum absolute atomic E-state index is 0.108. The Bertz CT molecular complexity index is 641. The van der Waals surface area contributed by atoms with E-state index >= 15 is 0 Å². The van der Waals surface area contributed by atoms with Crippen molar-refractivity contribution >= 4 is 39.0 Å². The average Bonchev–Trinajstić information content (AvgIpc) is 2.34. The van der Waals surface area contributed by atoms with E-state index in [2.05, 4.69) is 21.2 Å². The van der Waals surface area contributed by atoms with E-state index in [1.54, 1.807) is 12.1 Å². The highest BCUT2D eigenvalue weighted by molar-refractivity contribution is 9.10. The zero-order valence-electron chi connectivity index (χ0n) is 10.3. The number of nitrogen functional groups attached to an aromatic ring is 1. The van der Waals surface area contributed by atoms with Gasteiger partial charge >= 0.3 is 5.97 Å². The fraction of sp³-hybridized carbons (Fsp3) is 0.0714. The van der Waals surface area contributed by atoms with Gasteiger partial charge in [0.1, 0.15) is 0 Å². The molecule has 0 bridgehead atoms. The average molecular weight is 321 g/mol. The molecule has 2 aromatic rings. The summed E-state index contributed by atoms with van der Waals surface area (Å²) in [4.78, 5) is 10.9. The minimum Gasteiger partial charge on any atom is -0.478 e. The molecule has 0 heterocycles. The molecule has 4 N–H and O–H groups in total. The van der Waals surface area contributed by atoms with Crippen molar-refractivity contribution in [3.63, 3.8) is 0 Å². The molecule has 98 valence electrons. The molecule has 0 aliphatic carbocycles. The summed E-state index contributed by atoms with van der Waals surface area (Å²) in [5.41, 5.74) is 8.83. The van der Waals surface area contributed by atoms with Gasteiger partial charge in [-0.3, -0.25) is 0 Å². The van der Waals surface area contributed by atoms with Crippen molar-refractivity contribution in [2.24, 2.45) is 0 Å². The Morgan fingerprint density at radius 3 is 2.68 bits per heavy atom. The van der Waals surface area contributed by atoms with E-state index in [-0.39, 0.29) is 11.3 Å². The molecule has 0 saturated heterocycles. The zero-order valence-corrected chi connectivity index (χ0v) is 11.9. The van der Waals surface area contributed by atoms with Crippen LogP contribution in [0.4, 0.5) is 17.1 Å². The van der Waals surface area contributed by atoms with Crippen LogP contribution in [0.5, 0.6) is 0 Å². The molecule has 0 fully saturated rings. The summed E-state index contributed by atoms with van der Waals surface area (Å²) in [5.74, 6) is -1.03. The second kappa shape index (κ2) is 5.32. The summed E-state index contributed by atoms with van der Waals surface area (Å²) < 4.78 is 1.01. The van der Waals surface area contributed by atoms with Crippen LogP contribution in [0.25, 0.3) is 0 Å². The Kier molecular flexibility index (Phi) is 3.76. The van der Waals surface area contributed by atoms with Crippen LogP contribution in [-0.2, 0) is 0 Å². The van der Waals surface area contributed by atoms with Crippen molar-refractivity contribution in [3.8, 4) is 0 Å². The number of carboxylic acid groups (broad SMARTS) is 1. The molecule has 5 heteroatoms. The molecule has 0 aliphatic rings. The second-order valence-corrected chi connectivity index (χ2v) is 5.00. The Labute approximate surface area is 119 Å². The van der Waals surface area contributed by atoms with E-state index in [4.69, 9.17) is 10.8 Å². The predicted molar refractivity (Wildman–Crippen MR) is 80.0 cm³/mol. The van der Waals surface area contributed by atoms with Crippen LogP contribution in [0.3, 0.4) is 0 Å². The SMILES string of the molecule is Cc1c(Br)cccc1Nc1ccc(C(=O)O)c(N)c1. The molecule has 0 atom stereocenters. The number of halogens is 1. The molecule has 0 aliphatic heterocycles. The number of hydrogen-bond donors (Lipinski definition) is 3. The van der Waals surface area contributed by atoms with Crippen molar-refractivity contribution < 1.29 is 9.90 Å². The summed E-state index contributed by atoms with van der Waals surface area (Å²) >= 11 is 3.46. The number of benzene rings is 2. The van der Waals surface area contributed by atoms with E-state index in [0.717, 1.165) is 21.4 Å². The minimum atomic E-state index is -1.03. The lowest BCUT2D eigenvalue weighted by Gasteiger charge is -2.12. The van der Waals surface area contributed by atoms with Gasteiger partial charge < -0.3 is 16.2 Å². The fourth-order valence-electron chi connectivity index (χ4n) is 1.73. The first kappa shape index (κ1) is 13.4. The smallest absolute Gasteiger partial charge is 0.337 e. The number of hydrogen-bond acceptors (Lipinski definition) is 3. The number of nitrogens with two attached hydrogens (primary N) is 1. The summed E-state index contributed by atoms with van der Waals surface area (Å²) in [6.45, 7) is 1.99. The normalized spacial score (nSPS) is 10.2. The number of nitrogens with one attached hydrogen (secondary N) is 1. The first-order valence-corrected chi connectivity index (χ1v) is 6.43. The topological polar surface area (TPSA) is 75.3 Å². The van der Waals surface area contributed by atoms with Crippen LogP contribution < -0.4 is 11.1 Å². The Balaban J connectivity index is 2.32. The number of rotatable bonds is 3. The number of anilines is 3. The highest BCUT2D eigenvalue weighted by Gasteiger charge is 2.08. The molecule has 0 aromatic heterocycles. The van der Waals surface area contributed by atoms with Crippen molar-refractivity contribution in [2.45, 2.75) is 6.92 Å². The Morgan fingerprint density at radius 2 is 2.05 bits per heavy atom. The van der Waals surface area contributed by atoms with Crippen LogP contribution in [0.2, 0.25) is 0 Å². The molecule has 0 amide bonds. The van der Waals surface area contributed by atoms with Gasteiger partial charge in [-0.05, 0) is 42.8 Å². The van der Waals surface area contributed by atoms with Crippen LogP contribution in [0, 0.1) is 6.92 Å². The number of carbonyl (C=O) groups is 1. The first-order chi connectivity index (χ1) is 8.99. The molecule has 0 saturated carbocycles. The van der Waals surface area contributed by atoms with Crippen molar-refractivity contribution in [2.75, 3.05) is 11.1 Å². The largest absolute Gasteiger partial charge is 0.478 e. The molecule has 0 radical (unpaired) electrons. The molecule has 19 heavy (non-hydrogen) atoms. The molecule has 4 nitrogen and oxygen atoms in total. The zero-order chi connectivity index (χ0) is 14.0. The van der Waals surface area contributed by atoms with Crippen molar-refractivity contribution in [1.29, 1.82) is 0 Å². The van der Waals surface area contributed by atoms with E-state index in [0.29, 0.717) is 0 Å². The highest BCUT2D eigenvalue weighted by atomic mass is 79.9. The number of carboxylic acids is 1. The molecule has 2 aromatic carbocycles. The third kappa shape index (κ3) is 2.88. The second-order valence-electron chi connectivity index (χ2n) is 4.14. The predicted octanol–water partition coefficient (Wildman–Crippen LogP) is 3.78. The Morgan fingerprint density at radius 1 is 1.32 bits per heavy atom. The van der Waals surface area contributed by atoms with Crippen LogP contribution in [-0.4, -0.2) is 11.1 Å². The lowest BCUT2D eigenvalue weighted by atomic mass is 10.1. The molecule has 2 rings (SSSR count). The fourth-order valence-corrected chi connectivity index (χ4v) is 2.10. The quantitative estimate of drug-likeness (QED) is 0.752. The lowest BCUT2D eigenvalue weighted by molar-refractivity contribution is 0.0698. The van der Waals surface area contributed by atoms with Gasteiger partial charge in [-0.2, -0.15) is 0 Å². The molecular formula is C14H13BrN2O2. The number of aromatic carboxylic acids is 1. The summed E-state index contributed by atoms with van der Waals surface area (Å²) in [6.07, 6.45) is 0. The third-order valence-electron chi connectivity index (χ3n) is 2.83. The summed E-state index contributed by atoms with van der Waals surface area (Å²) in [5, 5.41) is 12.1. The van der Waals surface area contributed by atoms with Crippen LogP contribution >= 0.6 is 15.9 Å². The lowest BCUT2D eigenvalue weighted by Crippen LogP contribution is -2.03. The van der Waals surface area contributed by atoms with Crippen LogP contribution in [0.15, 0.2) is 40.9 Å². The standard InChI is InChI=1S/C14H13BrN2O2/c1-8-11(15)3-2-4-13(8)17-9-5-6-10(14(18)19)12(16)7-9/h2-7,17H,16H2,1H3,(H,18,19). The van der Waals surface area contributed by atoms with E-state index < -0.39 is 5.97 Å². The summed E-state index contributed by atoms with van der Waals surface area (Å²) in [7, 11) is 0.